The molecule has 0 radical (unpaired) electrons. The fraction of sp³-hybridized carbons (Fsp3) is 0.600. The number of hydrogen-bond donors (Lipinski definition) is 0. The van der Waals surface area contributed by atoms with E-state index in [0.29, 0.717) is 15.8 Å². The van der Waals surface area contributed by atoms with Crippen LogP contribution in [0.5, 0.6) is 5.75 Å². The van der Waals surface area contributed by atoms with E-state index in [1.165, 1.54) is 6.07 Å². The van der Waals surface area contributed by atoms with Crippen molar-refractivity contribution in [2.45, 2.75) is 47.6 Å². The molecule has 0 heterocycles. The Hall–Kier alpha value is -1.46. The molecule has 0 spiro atoms. The number of benzene rings is 1. The lowest BCUT2D eigenvalue weighted by Crippen LogP contribution is -2.42. The van der Waals surface area contributed by atoms with Crippen LogP contribution in [0.4, 0.5) is 0 Å². The van der Waals surface area contributed by atoms with E-state index in [-0.39, 0.29) is 31.0 Å². The van der Waals surface area contributed by atoms with E-state index in [0.717, 1.165) is 0 Å². The molecule has 5 nitrogen and oxygen atoms in total. The molecule has 0 bridgehead atoms. The van der Waals surface area contributed by atoms with Crippen LogP contribution in [-0.4, -0.2) is 31.3 Å². The lowest BCUT2D eigenvalue weighted by Gasteiger charge is -2.36. The minimum Gasteiger partial charge on any atom is -0.480 e. The highest BCUT2D eigenvalue weighted by Gasteiger charge is 2.36. The van der Waals surface area contributed by atoms with Crippen molar-refractivity contribution in [2.24, 2.45) is 17.3 Å². The predicted octanol–water partition coefficient (Wildman–Crippen LogP) is 5.17. The normalized spacial score (nSPS) is 12.8. The highest BCUT2D eigenvalue weighted by Crippen LogP contribution is 2.31. The Kier molecular flexibility index (Phi) is 8.89. The first-order valence-electron chi connectivity index (χ1n) is 8.88. The van der Waals surface area contributed by atoms with Gasteiger partial charge in [0.1, 0.15) is 11.9 Å². The van der Waals surface area contributed by atoms with E-state index in [2.05, 4.69) is 0 Å². The average Bonchev–Trinajstić information content (AvgIpc) is 2.56. The van der Waals surface area contributed by atoms with Crippen LogP contribution in [0.15, 0.2) is 18.2 Å². The first kappa shape index (κ1) is 23.6. The van der Waals surface area contributed by atoms with Crippen molar-refractivity contribution in [1.29, 1.82) is 0 Å². The third kappa shape index (κ3) is 7.59. The molecule has 1 atom stereocenters. The third-order valence-corrected chi connectivity index (χ3v) is 4.46. The van der Waals surface area contributed by atoms with Crippen molar-refractivity contribution in [3.05, 3.63) is 28.2 Å². The third-order valence-electron chi connectivity index (χ3n) is 3.93. The van der Waals surface area contributed by atoms with Crippen molar-refractivity contribution in [1.82, 2.24) is 0 Å². The summed E-state index contributed by atoms with van der Waals surface area (Å²) < 4.78 is 16.4. The number of halogens is 2. The van der Waals surface area contributed by atoms with Gasteiger partial charge in [-0.15, -0.1) is 0 Å². The van der Waals surface area contributed by atoms with Gasteiger partial charge in [0.2, 0.25) is 0 Å². The van der Waals surface area contributed by atoms with Gasteiger partial charge in [-0.2, -0.15) is 0 Å². The van der Waals surface area contributed by atoms with E-state index in [1.807, 2.05) is 27.7 Å². The van der Waals surface area contributed by atoms with Gasteiger partial charge in [0, 0.05) is 10.4 Å². The second-order valence-corrected chi connectivity index (χ2v) is 8.61. The minimum atomic E-state index is -0.549. The maximum Gasteiger partial charge on any atom is 0.344 e. The Morgan fingerprint density at radius 3 is 2.26 bits per heavy atom. The molecule has 0 saturated carbocycles. The van der Waals surface area contributed by atoms with Crippen molar-refractivity contribution < 1.29 is 23.8 Å². The summed E-state index contributed by atoms with van der Waals surface area (Å²) in [5, 5.41) is 0.795. The molecule has 0 aliphatic heterocycles. The molecule has 7 heteroatoms. The summed E-state index contributed by atoms with van der Waals surface area (Å²) in [4.78, 5) is 24.0. The number of hydrogen-bond acceptors (Lipinski definition) is 5. The zero-order valence-electron chi connectivity index (χ0n) is 16.7. The number of carbonyl (C=O) groups excluding carboxylic acids is 2. The van der Waals surface area contributed by atoms with E-state index >= 15 is 0 Å². The molecular formula is C20H28Cl2O5. The maximum absolute atomic E-state index is 12.3. The predicted molar refractivity (Wildman–Crippen MR) is 106 cm³/mol. The van der Waals surface area contributed by atoms with Crippen LogP contribution < -0.4 is 4.74 Å². The standard InChI is InChI=1S/C20H28Cl2O5/c1-12(2)18(20(5,6)11-26-19(24)13(3)4)27-17(23)10-25-16-8-7-14(21)9-15(16)22/h7-9,12-13,18H,10-11H2,1-6H3. The minimum absolute atomic E-state index is 0.0285. The highest BCUT2D eigenvalue weighted by atomic mass is 35.5. The summed E-state index contributed by atoms with van der Waals surface area (Å²) in [5.41, 5.74) is -0.549. The first-order chi connectivity index (χ1) is 12.4. The quantitative estimate of drug-likeness (QED) is 0.517. The molecule has 1 rings (SSSR count). The van der Waals surface area contributed by atoms with Gasteiger partial charge in [0.25, 0.3) is 0 Å². The molecule has 0 amide bonds. The number of carbonyl (C=O) groups is 2. The summed E-state index contributed by atoms with van der Waals surface area (Å²) in [7, 11) is 0. The van der Waals surface area contributed by atoms with Gasteiger partial charge in [-0.1, -0.05) is 64.7 Å². The maximum atomic E-state index is 12.3. The second-order valence-electron chi connectivity index (χ2n) is 7.77. The molecule has 1 aromatic rings. The largest absolute Gasteiger partial charge is 0.480 e. The Morgan fingerprint density at radius 2 is 1.74 bits per heavy atom. The lowest BCUT2D eigenvalue weighted by atomic mass is 9.81. The second kappa shape index (κ2) is 10.2. The summed E-state index contributed by atoms with van der Waals surface area (Å²) >= 11 is 11.9. The summed E-state index contributed by atoms with van der Waals surface area (Å²) in [6, 6.07) is 4.75. The van der Waals surface area contributed by atoms with Crippen molar-refractivity contribution in [3.8, 4) is 5.75 Å². The molecule has 0 N–H and O–H groups in total. The van der Waals surface area contributed by atoms with Crippen LogP contribution in [0.3, 0.4) is 0 Å². The van der Waals surface area contributed by atoms with Crippen molar-refractivity contribution >= 4 is 35.1 Å². The fourth-order valence-electron chi connectivity index (χ4n) is 2.61. The van der Waals surface area contributed by atoms with Gasteiger partial charge < -0.3 is 14.2 Å². The molecule has 1 unspecified atom stereocenters. The van der Waals surface area contributed by atoms with E-state index in [1.54, 1.807) is 26.0 Å². The van der Waals surface area contributed by atoms with E-state index in [4.69, 9.17) is 37.4 Å². The van der Waals surface area contributed by atoms with Gasteiger partial charge >= 0.3 is 11.9 Å². The molecule has 27 heavy (non-hydrogen) atoms. The number of esters is 2. The van der Waals surface area contributed by atoms with Crippen LogP contribution in [0.1, 0.15) is 41.5 Å². The number of ether oxygens (including phenoxy) is 3. The van der Waals surface area contributed by atoms with Crippen LogP contribution in [0, 0.1) is 17.3 Å². The Morgan fingerprint density at radius 1 is 1.11 bits per heavy atom. The van der Waals surface area contributed by atoms with E-state index in [9.17, 15) is 9.59 Å². The summed E-state index contributed by atoms with van der Waals surface area (Å²) in [5.74, 6) is -0.635. The zero-order valence-corrected chi connectivity index (χ0v) is 18.2. The lowest BCUT2D eigenvalue weighted by molar-refractivity contribution is -0.168. The van der Waals surface area contributed by atoms with Gasteiger partial charge in [-0.05, 0) is 24.1 Å². The monoisotopic (exact) mass is 418 g/mol. The van der Waals surface area contributed by atoms with Gasteiger partial charge in [-0.3, -0.25) is 4.79 Å². The van der Waals surface area contributed by atoms with Gasteiger partial charge in [0.05, 0.1) is 17.5 Å². The molecule has 152 valence electrons. The average molecular weight is 419 g/mol. The van der Waals surface area contributed by atoms with Crippen molar-refractivity contribution in [2.75, 3.05) is 13.2 Å². The first-order valence-corrected chi connectivity index (χ1v) is 9.63. The van der Waals surface area contributed by atoms with E-state index < -0.39 is 17.5 Å². The molecule has 0 aliphatic rings. The van der Waals surface area contributed by atoms with Crippen LogP contribution in [0.25, 0.3) is 0 Å². The summed E-state index contributed by atoms with van der Waals surface area (Å²) in [6.45, 7) is 11.1. The number of rotatable bonds is 9. The molecule has 1 aromatic carbocycles. The smallest absolute Gasteiger partial charge is 0.344 e. The molecule has 0 fully saturated rings. The Bertz CT molecular complexity index is 656. The van der Waals surface area contributed by atoms with Crippen LogP contribution >= 0.6 is 23.2 Å². The van der Waals surface area contributed by atoms with Crippen LogP contribution in [-0.2, 0) is 19.1 Å². The van der Waals surface area contributed by atoms with Crippen molar-refractivity contribution in [3.63, 3.8) is 0 Å². The molecular weight excluding hydrogens is 391 g/mol. The van der Waals surface area contributed by atoms with Crippen LogP contribution in [0.2, 0.25) is 10.0 Å². The van der Waals surface area contributed by atoms with Gasteiger partial charge in [-0.25, -0.2) is 4.79 Å². The summed E-state index contributed by atoms with van der Waals surface area (Å²) in [6.07, 6.45) is -0.450. The Balaban J connectivity index is 2.69. The molecule has 0 aliphatic carbocycles. The topological polar surface area (TPSA) is 61.8 Å². The Labute approximate surface area is 171 Å². The zero-order chi connectivity index (χ0) is 20.8. The molecule has 0 saturated heterocycles. The molecule has 0 aromatic heterocycles. The van der Waals surface area contributed by atoms with Gasteiger partial charge in [0.15, 0.2) is 6.61 Å². The highest BCUT2D eigenvalue weighted by molar-refractivity contribution is 6.35. The SMILES string of the molecule is CC(C)C(=O)OCC(C)(C)C(OC(=O)COc1ccc(Cl)cc1Cl)C(C)C. The fourth-order valence-corrected chi connectivity index (χ4v) is 3.07.